The molecule has 1 saturated heterocycles. The Labute approximate surface area is 160 Å². The Morgan fingerprint density at radius 3 is 2.63 bits per heavy atom. The molecule has 2 unspecified atom stereocenters. The first-order valence-corrected chi connectivity index (χ1v) is 9.42. The van der Waals surface area contributed by atoms with Crippen molar-refractivity contribution in [3.63, 3.8) is 0 Å². The van der Waals surface area contributed by atoms with Crippen molar-refractivity contribution in [1.29, 1.82) is 0 Å². The van der Waals surface area contributed by atoms with Crippen molar-refractivity contribution >= 4 is 5.91 Å². The van der Waals surface area contributed by atoms with E-state index in [1.165, 1.54) is 5.56 Å². The highest BCUT2D eigenvalue weighted by Crippen LogP contribution is 2.28. The van der Waals surface area contributed by atoms with Crippen LogP contribution >= 0.6 is 0 Å². The Bertz CT molecular complexity index is 738. The number of hydrazine groups is 1. The molecular formula is C21H28N4O2. The van der Waals surface area contributed by atoms with E-state index in [1.807, 2.05) is 18.2 Å². The largest absolute Gasteiger partial charge is 0.508 e. The third-order valence-electron chi connectivity index (χ3n) is 4.95. The number of hydrogen-bond acceptors (Lipinski definition) is 5. The molecule has 3 rings (SSSR count). The zero-order valence-electron chi connectivity index (χ0n) is 15.7. The third-order valence-corrected chi connectivity index (χ3v) is 4.95. The summed E-state index contributed by atoms with van der Waals surface area (Å²) in [6.07, 6.45) is 1.61. The number of aromatic hydroxyl groups is 1. The lowest BCUT2D eigenvalue weighted by Crippen LogP contribution is -2.45. The van der Waals surface area contributed by atoms with E-state index >= 15 is 0 Å². The van der Waals surface area contributed by atoms with Gasteiger partial charge in [0.2, 0.25) is 5.91 Å². The van der Waals surface area contributed by atoms with Crippen LogP contribution in [0, 0.1) is 0 Å². The number of carbonyl (C=O) groups is 1. The molecule has 4 N–H and O–H groups in total. The molecular weight excluding hydrogens is 340 g/mol. The standard InChI is InChI=1S/C21H28N4O2/c1-25(13-11-16-7-3-2-4-8-16)14-12-22-21(27)19-15-18(23-24-19)17-9-5-6-10-20(17)26/h2-10,18-19,23-24,26H,11-15H2,1H3,(H,22,27). The molecule has 2 aromatic rings. The van der Waals surface area contributed by atoms with E-state index in [0.717, 1.165) is 25.1 Å². The van der Waals surface area contributed by atoms with Gasteiger partial charge in [-0.3, -0.25) is 4.79 Å². The zero-order chi connectivity index (χ0) is 19.1. The molecule has 1 amide bonds. The van der Waals surface area contributed by atoms with Gasteiger partial charge in [0.25, 0.3) is 0 Å². The van der Waals surface area contributed by atoms with Crippen LogP contribution in [-0.2, 0) is 11.2 Å². The number of para-hydroxylation sites is 1. The zero-order valence-corrected chi connectivity index (χ0v) is 15.7. The maximum Gasteiger partial charge on any atom is 0.238 e. The number of nitrogens with one attached hydrogen (secondary N) is 3. The summed E-state index contributed by atoms with van der Waals surface area (Å²) >= 11 is 0. The van der Waals surface area contributed by atoms with Gasteiger partial charge in [0.05, 0.1) is 6.04 Å². The molecule has 0 saturated carbocycles. The fraction of sp³-hybridized carbons (Fsp3) is 0.381. The van der Waals surface area contributed by atoms with E-state index in [0.29, 0.717) is 13.0 Å². The molecule has 1 aliphatic heterocycles. The second-order valence-corrected chi connectivity index (χ2v) is 7.02. The van der Waals surface area contributed by atoms with E-state index in [1.54, 1.807) is 12.1 Å². The van der Waals surface area contributed by atoms with Crippen LogP contribution in [0.1, 0.15) is 23.6 Å². The van der Waals surface area contributed by atoms with Gasteiger partial charge in [-0.1, -0.05) is 48.5 Å². The molecule has 0 bridgehead atoms. The molecule has 2 atom stereocenters. The predicted molar refractivity (Wildman–Crippen MR) is 106 cm³/mol. The smallest absolute Gasteiger partial charge is 0.238 e. The second-order valence-electron chi connectivity index (χ2n) is 7.02. The molecule has 27 heavy (non-hydrogen) atoms. The Morgan fingerprint density at radius 1 is 1.11 bits per heavy atom. The van der Waals surface area contributed by atoms with Crippen LogP contribution < -0.4 is 16.2 Å². The first-order valence-electron chi connectivity index (χ1n) is 9.42. The molecule has 1 heterocycles. The van der Waals surface area contributed by atoms with E-state index in [4.69, 9.17) is 0 Å². The van der Waals surface area contributed by atoms with Crippen LogP contribution in [0.3, 0.4) is 0 Å². The van der Waals surface area contributed by atoms with Gasteiger partial charge in [0.15, 0.2) is 0 Å². The molecule has 0 aliphatic carbocycles. The van der Waals surface area contributed by atoms with E-state index in [-0.39, 0.29) is 23.7 Å². The third kappa shape index (κ3) is 5.53. The summed E-state index contributed by atoms with van der Waals surface area (Å²) in [6.45, 7) is 2.38. The lowest BCUT2D eigenvalue weighted by molar-refractivity contribution is -0.122. The maximum absolute atomic E-state index is 12.4. The van der Waals surface area contributed by atoms with Gasteiger partial charge in [0.1, 0.15) is 11.8 Å². The number of amides is 1. The Balaban J connectivity index is 1.36. The topological polar surface area (TPSA) is 76.6 Å². The van der Waals surface area contributed by atoms with Gasteiger partial charge < -0.3 is 15.3 Å². The van der Waals surface area contributed by atoms with Gasteiger partial charge in [-0.25, -0.2) is 10.9 Å². The molecule has 0 spiro atoms. The van der Waals surface area contributed by atoms with E-state index < -0.39 is 0 Å². The highest BCUT2D eigenvalue weighted by Gasteiger charge is 2.31. The lowest BCUT2D eigenvalue weighted by Gasteiger charge is -2.18. The summed E-state index contributed by atoms with van der Waals surface area (Å²) in [4.78, 5) is 14.6. The summed E-state index contributed by atoms with van der Waals surface area (Å²) in [7, 11) is 2.07. The number of rotatable bonds is 8. The number of likely N-dealkylation sites (N-methyl/N-ethyl adjacent to an activating group) is 1. The fourth-order valence-electron chi connectivity index (χ4n) is 3.28. The van der Waals surface area contributed by atoms with Crippen LogP contribution in [0.2, 0.25) is 0 Å². The maximum atomic E-state index is 12.4. The minimum atomic E-state index is -0.302. The predicted octanol–water partition coefficient (Wildman–Crippen LogP) is 1.59. The first kappa shape index (κ1) is 19.4. The van der Waals surface area contributed by atoms with Crippen LogP contribution in [0.15, 0.2) is 54.6 Å². The van der Waals surface area contributed by atoms with Crippen molar-refractivity contribution in [1.82, 2.24) is 21.1 Å². The fourth-order valence-corrected chi connectivity index (χ4v) is 3.28. The van der Waals surface area contributed by atoms with Gasteiger partial charge in [-0.2, -0.15) is 0 Å². The Kier molecular flexibility index (Phi) is 6.81. The molecule has 6 nitrogen and oxygen atoms in total. The van der Waals surface area contributed by atoms with Crippen molar-refractivity contribution in [2.45, 2.75) is 24.9 Å². The highest BCUT2D eigenvalue weighted by atomic mass is 16.3. The monoisotopic (exact) mass is 368 g/mol. The molecule has 1 aliphatic rings. The average Bonchev–Trinajstić information content (AvgIpc) is 3.17. The molecule has 2 aromatic carbocycles. The highest BCUT2D eigenvalue weighted by molar-refractivity contribution is 5.82. The number of benzene rings is 2. The van der Waals surface area contributed by atoms with Gasteiger partial charge in [-0.05, 0) is 31.5 Å². The summed E-state index contributed by atoms with van der Waals surface area (Å²) < 4.78 is 0. The summed E-state index contributed by atoms with van der Waals surface area (Å²) in [5.41, 5.74) is 8.26. The van der Waals surface area contributed by atoms with Crippen LogP contribution in [0.4, 0.5) is 0 Å². The van der Waals surface area contributed by atoms with E-state index in [9.17, 15) is 9.90 Å². The number of nitrogens with zero attached hydrogens (tertiary/aromatic N) is 1. The Hall–Kier alpha value is -2.41. The number of carbonyl (C=O) groups excluding carboxylic acids is 1. The molecule has 0 radical (unpaired) electrons. The molecule has 0 aromatic heterocycles. The SMILES string of the molecule is CN(CCNC(=O)C1CC(c2ccccc2O)NN1)CCc1ccccc1. The second kappa shape index (κ2) is 9.50. The van der Waals surface area contributed by atoms with Crippen molar-refractivity contribution in [3.8, 4) is 5.75 Å². The summed E-state index contributed by atoms with van der Waals surface area (Å²) in [5, 5.41) is 13.0. The molecule has 6 heteroatoms. The number of phenols is 1. The molecule has 144 valence electrons. The van der Waals surface area contributed by atoms with Crippen molar-refractivity contribution < 1.29 is 9.90 Å². The summed E-state index contributed by atoms with van der Waals surface area (Å²) in [6, 6.07) is 17.2. The first-order chi connectivity index (χ1) is 13.1. The van der Waals surface area contributed by atoms with Gasteiger partial charge >= 0.3 is 0 Å². The minimum absolute atomic E-state index is 0.0168. The van der Waals surface area contributed by atoms with Crippen molar-refractivity contribution in [2.24, 2.45) is 0 Å². The van der Waals surface area contributed by atoms with Crippen LogP contribution in [-0.4, -0.2) is 48.6 Å². The van der Waals surface area contributed by atoms with Gasteiger partial charge in [-0.15, -0.1) is 0 Å². The molecule has 1 fully saturated rings. The normalized spacial score (nSPS) is 19.3. The average molecular weight is 368 g/mol. The minimum Gasteiger partial charge on any atom is -0.508 e. The van der Waals surface area contributed by atoms with Crippen LogP contribution in [0.5, 0.6) is 5.75 Å². The van der Waals surface area contributed by atoms with Crippen LogP contribution in [0.25, 0.3) is 0 Å². The summed E-state index contributed by atoms with van der Waals surface area (Å²) in [5.74, 6) is 0.231. The number of phenolic OH excluding ortho intramolecular Hbond substituents is 1. The number of hydrogen-bond donors (Lipinski definition) is 4. The van der Waals surface area contributed by atoms with Crippen molar-refractivity contribution in [2.75, 3.05) is 26.7 Å². The van der Waals surface area contributed by atoms with Gasteiger partial charge in [0, 0.05) is 25.2 Å². The lowest BCUT2D eigenvalue weighted by atomic mass is 10.0. The Morgan fingerprint density at radius 2 is 1.85 bits per heavy atom. The quantitative estimate of drug-likeness (QED) is 0.569. The van der Waals surface area contributed by atoms with Crippen molar-refractivity contribution in [3.05, 3.63) is 65.7 Å². The van der Waals surface area contributed by atoms with E-state index in [2.05, 4.69) is 52.4 Å².